The second-order valence-electron chi connectivity index (χ2n) is 6.10. The predicted octanol–water partition coefficient (Wildman–Crippen LogP) is 2.51. The molecule has 0 spiro atoms. The first-order valence-corrected chi connectivity index (χ1v) is 10.3. The number of nitrogens with one attached hydrogen (secondary N) is 1. The molecule has 0 aliphatic carbocycles. The van der Waals surface area contributed by atoms with E-state index in [4.69, 9.17) is 9.47 Å². The maximum absolute atomic E-state index is 14.2. The van der Waals surface area contributed by atoms with Crippen LogP contribution in [0.3, 0.4) is 0 Å². The molecule has 2 aromatic carbocycles. The van der Waals surface area contributed by atoms with Crippen LogP contribution in [-0.2, 0) is 16.6 Å². The summed E-state index contributed by atoms with van der Waals surface area (Å²) in [5, 5.41) is 2.60. The van der Waals surface area contributed by atoms with Crippen molar-refractivity contribution in [3.8, 4) is 11.5 Å². The van der Waals surface area contributed by atoms with Crippen LogP contribution in [0.4, 0.5) is 4.39 Å². The van der Waals surface area contributed by atoms with Gasteiger partial charge >= 0.3 is 0 Å². The lowest BCUT2D eigenvalue weighted by atomic mass is 10.1. The van der Waals surface area contributed by atoms with Crippen molar-refractivity contribution < 1.29 is 27.1 Å². The van der Waals surface area contributed by atoms with Gasteiger partial charge in [-0.25, -0.2) is 12.8 Å². The molecule has 9 heteroatoms. The molecule has 0 atom stereocenters. The summed E-state index contributed by atoms with van der Waals surface area (Å²) in [5.41, 5.74) is 0.416. The van der Waals surface area contributed by atoms with Gasteiger partial charge in [-0.05, 0) is 35.9 Å². The Labute approximate surface area is 163 Å². The van der Waals surface area contributed by atoms with Crippen LogP contribution in [0.5, 0.6) is 11.5 Å². The van der Waals surface area contributed by atoms with E-state index in [0.29, 0.717) is 11.5 Å². The molecule has 0 bridgehead atoms. The van der Waals surface area contributed by atoms with E-state index < -0.39 is 21.7 Å². The number of benzene rings is 2. The van der Waals surface area contributed by atoms with Crippen molar-refractivity contribution in [2.75, 3.05) is 19.9 Å². The first-order chi connectivity index (χ1) is 13.4. The lowest BCUT2D eigenvalue weighted by Crippen LogP contribution is -2.31. The number of amides is 1. The summed E-state index contributed by atoms with van der Waals surface area (Å²) in [6.45, 7) is 4.25. The predicted molar refractivity (Wildman–Crippen MR) is 100 cm³/mol. The number of halogens is 1. The third-order valence-corrected chi connectivity index (χ3v) is 6.46. The molecule has 3 rings (SSSR count). The van der Waals surface area contributed by atoms with Gasteiger partial charge in [0, 0.05) is 19.6 Å². The summed E-state index contributed by atoms with van der Waals surface area (Å²) in [6.07, 6.45) is 0. The molecular formula is C19H21FN2O5S. The SMILES string of the molecule is CCN(CC)S(=O)(=O)c1ccc(F)c(C(=O)NCc2ccc3c(c2)OCO3)c1. The maximum Gasteiger partial charge on any atom is 0.254 e. The van der Waals surface area contributed by atoms with E-state index in [-0.39, 0.29) is 36.9 Å². The van der Waals surface area contributed by atoms with Crippen LogP contribution in [0.2, 0.25) is 0 Å². The van der Waals surface area contributed by atoms with Gasteiger partial charge in [-0.15, -0.1) is 0 Å². The zero-order valence-corrected chi connectivity index (χ0v) is 16.4. The fourth-order valence-corrected chi connectivity index (χ4v) is 4.36. The minimum Gasteiger partial charge on any atom is -0.454 e. The van der Waals surface area contributed by atoms with Crippen LogP contribution in [0.25, 0.3) is 0 Å². The first kappa shape index (κ1) is 20.1. The van der Waals surface area contributed by atoms with E-state index in [1.807, 2.05) is 0 Å². The van der Waals surface area contributed by atoms with E-state index in [1.165, 1.54) is 4.31 Å². The molecular weight excluding hydrogens is 387 g/mol. The zero-order valence-electron chi connectivity index (χ0n) is 15.6. The van der Waals surface area contributed by atoms with Gasteiger partial charge in [0.25, 0.3) is 5.91 Å². The van der Waals surface area contributed by atoms with Crippen molar-refractivity contribution in [3.63, 3.8) is 0 Å². The van der Waals surface area contributed by atoms with Crippen molar-refractivity contribution in [1.82, 2.24) is 9.62 Å². The standard InChI is InChI=1S/C19H21FN2O5S/c1-3-22(4-2)28(24,25)14-6-7-16(20)15(10-14)19(23)21-11-13-5-8-17-18(9-13)27-12-26-17/h5-10H,3-4,11-12H2,1-2H3,(H,21,23). The Hall–Kier alpha value is -2.65. The van der Waals surface area contributed by atoms with E-state index >= 15 is 0 Å². The Bertz CT molecular complexity index is 990. The van der Waals surface area contributed by atoms with Crippen molar-refractivity contribution in [2.24, 2.45) is 0 Å². The van der Waals surface area contributed by atoms with Gasteiger partial charge in [0.2, 0.25) is 16.8 Å². The Morgan fingerprint density at radius 3 is 2.54 bits per heavy atom. The number of fused-ring (bicyclic) bond motifs is 1. The van der Waals surface area contributed by atoms with Crippen molar-refractivity contribution in [1.29, 1.82) is 0 Å². The molecule has 0 saturated heterocycles. The number of hydrogen-bond acceptors (Lipinski definition) is 5. The third-order valence-electron chi connectivity index (χ3n) is 4.42. The Balaban J connectivity index is 1.78. The van der Waals surface area contributed by atoms with Crippen molar-refractivity contribution in [2.45, 2.75) is 25.3 Å². The molecule has 1 aliphatic rings. The lowest BCUT2D eigenvalue weighted by Gasteiger charge is -2.19. The molecule has 0 aromatic heterocycles. The van der Waals surface area contributed by atoms with Gasteiger partial charge in [0.15, 0.2) is 11.5 Å². The summed E-state index contributed by atoms with van der Waals surface area (Å²) < 4.78 is 51.2. The second-order valence-corrected chi connectivity index (χ2v) is 8.04. The number of hydrogen-bond donors (Lipinski definition) is 1. The highest BCUT2D eigenvalue weighted by Crippen LogP contribution is 2.32. The fraction of sp³-hybridized carbons (Fsp3) is 0.316. The molecule has 0 saturated carbocycles. The first-order valence-electron chi connectivity index (χ1n) is 8.83. The van der Waals surface area contributed by atoms with Gasteiger partial charge in [-0.3, -0.25) is 4.79 Å². The third kappa shape index (κ3) is 3.95. The Kier molecular flexibility index (Phi) is 5.85. The highest BCUT2D eigenvalue weighted by atomic mass is 32.2. The van der Waals surface area contributed by atoms with Crippen LogP contribution >= 0.6 is 0 Å². The van der Waals surface area contributed by atoms with Gasteiger partial charge in [0.05, 0.1) is 10.5 Å². The van der Waals surface area contributed by atoms with Gasteiger partial charge in [-0.1, -0.05) is 19.9 Å². The molecule has 2 aromatic rings. The second kappa shape index (κ2) is 8.15. The Morgan fingerprint density at radius 2 is 1.82 bits per heavy atom. The van der Waals surface area contributed by atoms with Crippen molar-refractivity contribution >= 4 is 15.9 Å². The van der Waals surface area contributed by atoms with E-state index in [9.17, 15) is 17.6 Å². The number of ether oxygens (including phenoxy) is 2. The summed E-state index contributed by atoms with van der Waals surface area (Å²) >= 11 is 0. The largest absolute Gasteiger partial charge is 0.454 e. The molecule has 1 N–H and O–H groups in total. The molecule has 1 amide bonds. The maximum atomic E-state index is 14.2. The van der Waals surface area contributed by atoms with Crippen LogP contribution in [0.1, 0.15) is 29.8 Å². The van der Waals surface area contributed by atoms with Gasteiger partial charge in [-0.2, -0.15) is 4.31 Å². The number of nitrogens with zero attached hydrogens (tertiary/aromatic N) is 1. The van der Waals surface area contributed by atoms with E-state index in [0.717, 1.165) is 23.8 Å². The highest BCUT2D eigenvalue weighted by molar-refractivity contribution is 7.89. The summed E-state index contributed by atoms with van der Waals surface area (Å²) in [6, 6.07) is 8.43. The minimum absolute atomic E-state index is 0.120. The number of carbonyl (C=O) groups excluding carboxylic acids is 1. The van der Waals surface area contributed by atoms with Crippen LogP contribution in [-0.4, -0.2) is 38.5 Å². The normalized spacial score (nSPS) is 13.0. The average Bonchev–Trinajstić information content (AvgIpc) is 3.15. The zero-order chi connectivity index (χ0) is 20.3. The molecule has 0 radical (unpaired) electrons. The quantitative estimate of drug-likeness (QED) is 0.761. The van der Waals surface area contributed by atoms with Crippen LogP contribution < -0.4 is 14.8 Å². The average molecular weight is 408 g/mol. The smallest absolute Gasteiger partial charge is 0.254 e. The molecule has 1 aliphatic heterocycles. The number of sulfonamides is 1. The summed E-state index contributed by atoms with van der Waals surface area (Å²) in [7, 11) is -3.79. The Morgan fingerprint density at radius 1 is 1.11 bits per heavy atom. The topological polar surface area (TPSA) is 84.9 Å². The molecule has 150 valence electrons. The molecule has 7 nitrogen and oxygen atoms in total. The summed E-state index contributed by atoms with van der Waals surface area (Å²) in [5.74, 6) is -0.297. The number of rotatable bonds is 7. The molecule has 1 heterocycles. The van der Waals surface area contributed by atoms with Gasteiger partial charge < -0.3 is 14.8 Å². The molecule has 0 fully saturated rings. The van der Waals surface area contributed by atoms with E-state index in [1.54, 1.807) is 32.0 Å². The monoisotopic (exact) mass is 408 g/mol. The van der Waals surface area contributed by atoms with Crippen LogP contribution in [0.15, 0.2) is 41.3 Å². The minimum atomic E-state index is -3.79. The fourth-order valence-electron chi connectivity index (χ4n) is 2.88. The van der Waals surface area contributed by atoms with Crippen LogP contribution in [0, 0.1) is 5.82 Å². The highest BCUT2D eigenvalue weighted by Gasteiger charge is 2.24. The van der Waals surface area contributed by atoms with Crippen molar-refractivity contribution in [3.05, 3.63) is 53.3 Å². The lowest BCUT2D eigenvalue weighted by molar-refractivity contribution is 0.0946. The molecule has 28 heavy (non-hydrogen) atoms. The summed E-state index contributed by atoms with van der Waals surface area (Å²) in [4.78, 5) is 12.3. The van der Waals surface area contributed by atoms with Gasteiger partial charge in [0.1, 0.15) is 5.82 Å². The number of carbonyl (C=O) groups is 1. The van der Waals surface area contributed by atoms with E-state index in [2.05, 4.69) is 5.32 Å². The molecule has 0 unspecified atom stereocenters.